The number of carbonyl (C=O) groups is 2. The number of rotatable bonds is 7. The van der Waals surface area contributed by atoms with Crippen LogP contribution in [0.25, 0.3) is 0 Å². The van der Waals surface area contributed by atoms with Gasteiger partial charge in [0.2, 0.25) is 5.76 Å². The normalized spacial score (nSPS) is 18.8. The van der Waals surface area contributed by atoms with E-state index in [0.717, 1.165) is 12.0 Å². The van der Waals surface area contributed by atoms with Crippen molar-refractivity contribution in [1.29, 1.82) is 0 Å². The lowest BCUT2D eigenvalue weighted by molar-refractivity contribution is -0.136. The summed E-state index contributed by atoms with van der Waals surface area (Å²) in [5.41, 5.74) is 1.94. The molecule has 5 nitrogen and oxygen atoms in total. The van der Waals surface area contributed by atoms with E-state index in [1.54, 1.807) is 12.1 Å². The number of carboxylic acid groups (broad SMARTS) is 1. The minimum atomic E-state index is -1.56. The molecule has 0 spiro atoms. The van der Waals surface area contributed by atoms with Gasteiger partial charge in [-0.3, -0.25) is 4.79 Å². The van der Waals surface area contributed by atoms with Crippen LogP contribution in [0.2, 0.25) is 0 Å². The minimum Gasteiger partial charge on any atom is -0.502 e. The van der Waals surface area contributed by atoms with Gasteiger partial charge in [-0.05, 0) is 41.5 Å². The highest BCUT2D eigenvalue weighted by Gasteiger charge is 2.39. The van der Waals surface area contributed by atoms with Crippen molar-refractivity contribution in [3.8, 4) is 0 Å². The van der Waals surface area contributed by atoms with E-state index in [2.05, 4.69) is 0 Å². The second kappa shape index (κ2) is 8.03. The molecule has 1 amide bonds. The highest BCUT2D eigenvalue weighted by molar-refractivity contribution is 5.96. The molecule has 3 rings (SSSR count). The fourth-order valence-corrected chi connectivity index (χ4v) is 3.15. The molecule has 1 fully saturated rings. The maximum absolute atomic E-state index is 13.1. The fourth-order valence-electron chi connectivity index (χ4n) is 3.15. The van der Waals surface area contributed by atoms with E-state index in [1.807, 2.05) is 30.3 Å². The van der Waals surface area contributed by atoms with Gasteiger partial charge in [-0.2, -0.15) is 0 Å². The number of nitrogens with zero attached hydrogens (tertiary/aromatic N) is 1. The molecule has 2 unspecified atom stereocenters. The average Bonchev–Trinajstić information content (AvgIpc) is 3.42. The van der Waals surface area contributed by atoms with Crippen molar-refractivity contribution < 1.29 is 24.2 Å². The van der Waals surface area contributed by atoms with Gasteiger partial charge in [-0.15, -0.1) is 0 Å². The maximum Gasteiger partial charge on any atom is 0.371 e. The zero-order valence-corrected chi connectivity index (χ0v) is 14.6. The number of carboxylic acids is 1. The van der Waals surface area contributed by atoms with Crippen molar-refractivity contribution >= 4 is 11.9 Å². The Kier molecular flexibility index (Phi) is 5.54. The summed E-state index contributed by atoms with van der Waals surface area (Å²) in [5.74, 6) is -2.90. The van der Waals surface area contributed by atoms with E-state index in [-0.39, 0.29) is 18.3 Å². The standard InChI is InChI=1S/C21H20FNO4/c22-17-8-6-14(7-9-17)12-23(20(25)11-19(24)21(26)27)13-16-10-18(16)15-4-2-1-3-5-15/h1-9,11,16,18,24H,10,12-13H2,(H,26,27). The largest absolute Gasteiger partial charge is 0.502 e. The highest BCUT2D eigenvalue weighted by Crippen LogP contribution is 2.47. The summed E-state index contributed by atoms with van der Waals surface area (Å²) in [6, 6.07) is 15.8. The number of amides is 1. The molecule has 2 N–H and O–H groups in total. The van der Waals surface area contributed by atoms with Crippen molar-refractivity contribution in [3.63, 3.8) is 0 Å². The van der Waals surface area contributed by atoms with Gasteiger partial charge in [0.15, 0.2) is 0 Å². The molecule has 0 saturated heterocycles. The number of halogens is 1. The van der Waals surface area contributed by atoms with Gasteiger partial charge in [-0.1, -0.05) is 42.5 Å². The molecule has 140 valence electrons. The first kappa shape index (κ1) is 18.6. The van der Waals surface area contributed by atoms with E-state index < -0.39 is 17.6 Å². The minimum absolute atomic E-state index is 0.209. The SMILES string of the molecule is O=C(O)C(O)=CC(=O)N(Cc1ccc(F)cc1)CC1CC1c1ccccc1. The van der Waals surface area contributed by atoms with Gasteiger partial charge in [-0.25, -0.2) is 9.18 Å². The van der Waals surface area contributed by atoms with Gasteiger partial charge in [0.25, 0.3) is 5.91 Å². The Labute approximate surface area is 156 Å². The van der Waals surface area contributed by atoms with Gasteiger partial charge < -0.3 is 15.1 Å². The quantitative estimate of drug-likeness (QED) is 0.579. The zero-order chi connectivity index (χ0) is 19.4. The number of aliphatic hydroxyl groups excluding tert-OH is 1. The van der Waals surface area contributed by atoms with Crippen LogP contribution in [0.15, 0.2) is 66.4 Å². The molecule has 1 aliphatic carbocycles. The van der Waals surface area contributed by atoms with Crippen LogP contribution in [0.3, 0.4) is 0 Å². The summed E-state index contributed by atoms with van der Waals surface area (Å²) >= 11 is 0. The van der Waals surface area contributed by atoms with E-state index in [9.17, 15) is 19.1 Å². The average molecular weight is 369 g/mol. The summed E-state index contributed by atoms with van der Waals surface area (Å²) in [6.07, 6.45) is 1.65. The van der Waals surface area contributed by atoms with E-state index in [0.29, 0.717) is 18.5 Å². The van der Waals surface area contributed by atoms with Crippen molar-refractivity contribution in [2.45, 2.75) is 18.9 Å². The number of hydrogen-bond donors (Lipinski definition) is 2. The van der Waals surface area contributed by atoms with Crippen LogP contribution in [-0.4, -0.2) is 33.5 Å². The van der Waals surface area contributed by atoms with Crippen LogP contribution in [-0.2, 0) is 16.1 Å². The molecule has 2 atom stereocenters. The smallest absolute Gasteiger partial charge is 0.371 e. The lowest BCUT2D eigenvalue weighted by atomic mass is 10.1. The van der Waals surface area contributed by atoms with Crippen LogP contribution in [0, 0.1) is 11.7 Å². The van der Waals surface area contributed by atoms with Crippen molar-refractivity contribution in [3.05, 3.63) is 83.4 Å². The number of aliphatic hydroxyl groups is 1. The molecule has 0 heterocycles. The molecule has 27 heavy (non-hydrogen) atoms. The van der Waals surface area contributed by atoms with Crippen molar-refractivity contribution in [2.24, 2.45) is 5.92 Å². The first-order valence-corrected chi connectivity index (χ1v) is 8.66. The molecule has 0 bridgehead atoms. The number of carbonyl (C=O) groups excluding carboxylic acids is 1. The number of benzene rings is 2. The zero-order valence-electron chi connectivity index (χ0n) is 14.6. The van der Waals surface area contributed by atoms with Crippen LogP contribution in [0.4, 0.5) is 4.39 Å². The second-order valence-corrected chi connectivity index (χ2v) is 6.69. The lowest BCUT2D eigenvalue weighted by Gasteiger charge is -2.22. The van der Waals surface area contributed by atoms with Gasteiger partial charge in [0.05, 0.1) is 6.08 Å². The van der Waals surface area contributed by atoms with E-state index in [4.69, 9.17) is 5.11 Å². The molecular formula is C21H20FNO4. The Morgan fingerprint density at radius 2 is 1.74 bits per heavy atom. The van der Waals surface area contributed by atoms with Crippen molar-refractivity contribution in [2.75, 3.05) is 6.54 Å². The Balaban J connectivity index is 1.73. The molecular weight excluding hydrogens is 349 g/mol. The number of aliphatic carboxylic acids is 1. The third kappa shape index (κ3) is 4.94. The van der Waals surface area contributed by atoms with Gasteiger partial charge in [0, 0.05) is 13.1 Å². The van der Waals surface area contributed by atoms with Crippen LogP contribution >= 0.6 is 0 Å². The van der Waals surface area contributed by atoms with Crippen LogP contribution in [0.1, 0.15) is 23.5 Å². The fraction of sp³-hybridized carbons (Fsp3) is 0.238. The van der Waals surface area contributed by atoms with Crippen LogP contribution < -0.4 is 0 Å². The van der Waals surface area contributed by atoms with Gasteiger partial charge in [0.1, 0.15) is 5.82 Å². The van der Waals surface area contributed by atoms with E-state index >= 15 is 0 Å². The lowest BCUT2D eigenvalue weighted by Crippen LogP contribution is -2.32. The molecule has 0 radical (unpaired) electrons. The van der Waals surface area contributed by atoms with Crippen molar-refractivity contribution in [1.82, 2.24) is 4.90 Å². The van der Waals surface area contributed by atoms with Gasteiger partial charge >= 0.3 is 5.97 Å². The maximum atomic E-state index is 13.1. The molecule has 0 aromatic heterocycles. The summed E-state index contributed by atoms with van der Waals surface area (Å²) in [7, 11) is 0. The molecule has 2 aromatic carbocycles. The highest BCUT2D eigenvalue weighted by atomic mass is 19.1. The molecule has 2 aromatic rings. The predicted molar refractivity (Wildman–Crippen MR) is 97.5 cm³/mol. The first-order chi connectivity index (χ1) is 12.9. The first-order valence-electron chi connectivity index (χ1n) is 8.66. The Morgan fingerprint density at radius 1 is 1.07 bits per heavy atom. The monoisotopic (exact) mass is 369 g/mol. The Bertz CT molecular complexity index is 848. The summed E-state index contributed by atoms with van der Waals surface area (Å²) in [5, 5.41) is 18.2. The Hall–Kier alpha value is -3.15. The molecule has 6 heteroatoms. The predicted octanol–water partition coefficient (Wildman–Crippen LogP) is 3.48. The molecule has 1 aliphatic rings. The van der Waals surface area contributed by atoms with E-state index in [1.165, 1.54) is 22.6 Å². The number of hydrogen-bond acceptors (Lipinski definition) is 3. The topological polar surface area (TPSA) is 77.8 Å². The Morgan fingerprint density at radius 3 is 2.37 bits per heavy atom. The third-order valence-electron chi connectivity index (χ3n) is 4.68. The summed E-state index contributed by atoms with van der Waals surface area (Å²) < 4.78 is 13.1. The van der Waals surface area contributed by atoms with Crippen LogP contribution in [0.5, 0.6) is 0 Å². The molecule has 0 aliphatic heterocycles. The summed E-state index contributed by atoms with van der Waals surface area (Å²) in [4.78, 5) is 24.8. The molecule has 1 saturated carbocycles. The second-order valence-electron chi connectivity index (χ2n) is 6.69. The summed E-state index contributed by atoms with van der Waals surface area (Å²) in [6.45, 7) is 0.639. The third-order valence-corrected chi connectivity index (χ3v) is 4.68.